The fraction of sp³-hybridized carbons (Fsp3) is 0.571. The minimum absolute atomic E-state index is 0.363. The molecule has 0 aliphatic carbocycles. The van der Waals surface area contributed by atoms with Crippen LogP contribution in [0.1, 0.15) is 37.3 Å². The van der Waals surface area contributed by atoms with Crippen molar-refractivity contribution in [2.45, 2.75) is 32.6 Å². The number of ether oxygens (including phenoxy) is 2. The van der Waals surface area contributed by atoms with Crippen molar-refractivity contribution < 1.29 is 9.47 Å². The lowest BCUT2D eigenvalue weighted by molar-refractivity contribution is 0.296. The molecule has 1 aliphatic rings. The summed E-state index contributed by atoms with van der Waals surface area (Å²) in [5.41, 5.74) is 8.31. The Hall–Kier alpha value is -1.22. The largest absolute Gasteiger partial charge is 0.490 e. The lowest BCUT2D eigenvalue weighted by Gasteiger charge is -2.19. The Morgan fingerprint density at radius 2 is 2.06 bits per heavy atom. The molecule has 0 saturated carbocycles. The molecule has 0 saturated heterocycles. The van der Waals surface area contributed by atoms with Crippen LogP contribution in [0.15, 0.2) is 12.1 Å². The fourth-order valence-corrected chi connectivity index (χ4v) is 2.26. The number of fused-ring (bicyclic) bond motifs is 1. The summed E-state index contributed by atoms with van der Waals surface area (Å²) in [6, 6.07) is 4.14. The van der Waals surface area contributed by atoms with Crippen LogP contribution in [0.3, 0.4) is 0 Å². The highest BCUT2D eigenvalue weighted by atomic mass is 16.5. The molecule has 0 radical (unpaired) electrons. The molecule has 2 rings (SSSR count). The molecule has 1 atom stereocenters. The zero-order valence-electron chi connectivity index (χ0n) is 10.7. The molecule has 3 heteroatoms. The first-order chi connectivity index (χ1) is 8.27. The second-order valence-electron chi connectivity index (χ2n) is 4.50. The van der Waals surface area contributed by atoms with E-state index in [4.69, 9.17) is 15.2 Å². The number of nitrogens with two attached hydrogens (primary N) is 1. The van der Waals surface area contributed by atoms with E-state index >= 15 is 0 Å². The van der Waals surface area contributed by atoms with E-state index in [1.165, 1.54) is 11.1 Å². The van der Waals surface area contributed by atoms with E-state index < -0.39 is 0 Å². The number of hydrogen-bond donors (Lipinski definition) is 1. The third-order valence-corrected chi connectivity index (χ3v) is 3.29. The molecule has 0 spiro atoms. The molecule has 17 heavy (non-hydrogen) atoms. The number of rotatable bonds is 3. The molecule has 1 heterocycles. The average molecular weight is 235 g/mol. The van der Waals surface area contributed by atoms with Crippen LogP contribution in [0.2, 0.25) is 0 Å². The first-order valence-corrected chi connectivity index (χ1v) is 6.39. The molecule has 1 aliphatic heterocycles. The Balaban J connectivity index is 2.46. The third-order valence-electron chi connectivity index (χ3n) is 3.29. The lowest BCUT2D eigenvalue weighted by atomic mass is 9.93. The van der Waals surface area contributed by atoms with E-state index in [9.17, 15) is 0 Å². The summed E-state index contributed by atoms with van der Waals surface area (Å²) < 4.78 is 11.5. The summed E-state index contributed by atoms with van der Waals surface area (Å²) in [5.74, 6) is 2.18. The fourth-order valence-electron chi connectivity index (χ4n) is 2.26. The predicted octanol–water partition coefficient (Wildman–Crippen LogP) is 2.47. The van der Waals surface area contributed by atoms with Crippen molar-refractivity contribution in [1.29, 1.82) is 0 Å². The lowest BCUT2D eigenvalue weighted by Crippen LogP contribution is -2.12. The molecule has 1 aromatic rings. The van der Waals surface area contributed by atoms with Gasteiger partial charge < -0.3 is 15.2 Å². The van der Waals surface area contributed by atoms with Crippen LogP contribution in [0.5, 0.6) is 11.5 Å². The van der Waals surface area contributed by atoms with E-state index in [1.54, 1.807) is 0 Å². The SMILES string of the molecule is CCc1c(C(C)CN)ccc2c1OCCCO2. The maximum Gasteiger partial charge on any atom is 0.164 e. The summed E-state index contributed by atoms with van der Waals surface area (Å²) in [5, 5.41) is 0. The van der Waals surface area contributed by atoms with Gasteiger partial charge in [0.05, 0.1) is 13.2 Å². The van der Waals surface area contributed by atoms with Gasteiger partial charge in [0.15, 0.2) is 11.5 Å². The molecular weight excluding hydrogens is 214 g/mol. The van der Waals surface area contributed by atoms with Gasteiger partial charge in [-0.05, 0) is 30.5 Å². The van der Waals surface area contributed by atoms with Crippen molar-refractivity contribution in [3.63, 3.8) is 0 Å². The van der Waals surface area contributed by atoms with Gasteiger partial charge in [0, 0.05) is 12.0 Å². The highest BCUT2D eigenvalue weighted by molar-refractivity contribution is 5.52. The quantitative estimate of drug-likeness (QED) is 0.875. The van der Waals surface area contributed by atoms with Gasteiger partial charge in [0.2, 0.25) is 0 Å². The van der Waals surface area contributed by atoms with Crippen molar-refractivity contribution in [2.75, 3.05) is 19.8 Å². The number of benzene rings is 1. The average Bonchev–Trinajstić information content (AvgIpc) is 2.61. The Kier molecular flexibility index (Phi) is 3.89. The Morgan fingerprint density at radius 1 is 1.29 bits per heavy atom. The molecule has 0 amide bonds. The van der Waals surface area contributed by atoms with Crippen molar-refractivity contribution >= 4 is 0 Å². The normalized spacial score (nSPS) is 16.4. The van der Waals surface area contributed by atoms with Crippen LogP contribution in [0.4, 0.5) is 0 Å². The topological polar surface area (TPSA) is 44.5 Å². The maximum absolute atomic E-state index is 5.84. The second kappa shape index (κ2) is 5.41. The molecule has 94 valence electrons. The Labute approximate surface area is 103 Å². The summed E-state index contributed by atoms with van der Waals surface area (Å²) >= 11 is 0. The van der Waals surface area contributed by atoms with Gasteiger partial charge in [-0.3, -0.25) is 0 Å². The van der Waals surface area contributed by atoms with E-state index in [0.717, 1.165) is 37.6 Å². The number of hydrogen-bond acceptors (Lipinski definition) is 3. The monoisotopic (exact) mass is 235 g/mol. The smallest absolute Gasteiger partial charge is 0.164 e. The first-order valence-electron chi connectivity index (χ1n) is 6.39. The molecule has 0 bridgehead atoms. The van der Waals surface area contributed by atoms with Gasteiger partial charge in [0.1, 0.15) is 0 Å². The summed E-state index contributed by atoms with van der Waals surface area (Å²) in [6.45, 7) is 6.43. The second-order valence-corrected chi connectivity index (χ2v) is 4.50. The molecule has 1 unspecified atom stereocenters. The molecule has 2 N–H and O–H groups in total. The van der Waals surface area contributed by atoms with E-state index in [2.05, 4.69) is 19.9 Å². The van der Waals surface area contributed by atoms with Gasteiger partial charge in [0.25, 0.3) is 0 Å². The van der Waals surface area contributed by atoms with E-state index in [0.29, 0.717) is 12.5 Å². The first kappa shape index (κ1) is 12.2. The minimum atomic E-state index is 0.363. The minimum Gasteiger partial charge on any atom is -0.490 e. The van der Waals surface area contributed by atoms with Gasteiger partial charge in [-0.25, -0.2) is 0 Å². The van der Waals surface area contributed by atoms with Crippen LogP contribution in [0.25, 0.3) is 0 Å². The van der Waals surface area contributed by atoms with E-state index in [-0.39, 0.29) is 0 Å². The zero-order chi connectivity index (χ0) is 12.3. The highest BCUT2D eigenvalue weighted by Gasteiger charge is 2.19. The summed E-state index contributed by atoms with van der Waals surface area (Å²) in [4.78, 5) is 0. The van der Waals surface area contributed by atoms with Crippen molar-refractivity contribution in [3.8, 4) is 11.5 Å². The summed E-state index contributed by atoms with van der Waals surface area (Å²) in [6.07, 6.45) is 1.89. The molecule has 0 aromatic heterocycles. The van der Waals surface area contributed by atoms with Gasteiger partial charge in [-0.2, -0.15) is 0 Å². The van der Waals surface area contributed by atoms with Crippen molar-refractivity contribution in [1.82, 2.24) is 0 Å². The highest BCUT2D eigenvalue weighted by Crippen LogP contribution is 2.38. The van der Waals surface area contributed by atoms with Gasteiger partial charge in [-0.15, -0.1) is 0 Å². The van der Waals surface area contributed by atoms with Crippen molar-refractivity contribution in [2.24, 2.45) is 5.73 Å². The zero-order valence-corrected chi connectivity index (χ0v) is 10.7. The molecular formula is C14H21NO2. The van der Waals surface area contributed by atoms with Gasteiger partial charge in [-0.1, -0.05) is 19.9 Å². The predicted molar refractivity (Wildman–Crippen MR) is 68.9 cm³/mol. The van der Waals surface area contributed by atoms with Crippen LogP contribution in [-0.4, -0.2) is 19.8 Å². The molecule has 1 aromatic carbocycles. The third kappa shape index (κ3) is 2.39. The van der Waals surface area contributed by atoms with Gasteiger partial charge >= 0.3 is 0 Å². The summed E-state index contributed by atoms with van der Waals surface area (Å²) in [7, 11) is 0. The standard InChI is InChI=1S/C14H21NO2/c1-3-11-12(10(2)9-15)5-6-13-14(11)17-8-4-7-16-13/h5-6,10H,3-4,7-9,15H2,1-2H3. The molecule has 0 fully saturated rings. The molecule has 3 nitrogen and oxygen atoms in total. The van der Waals surface area contributed by atoms with Crippen molar-refractivity contribution in [3.05, 3.63) is 23.3 Å². The van der Waals surface area contributed by atoms with E-state index in [1.807, 2.05) is 6.07 Å². The van der Waals surface area contributed by atoms with Crippen LogP contribution in [0, 0.1) is 0 Å². The van der Waals surface area contributed by atoms with Crippen LogP contribution < -0.4 is 15.2 Å². The Bertz CT molecular complexity index is 390. The Morgan fingerprint density at radius 3 is 2.76 bits per heavy atom. The van der Waals surface area contributed by atoms with Crippen LogP contribution >= 0.6 is 0 Å². The van der Waals surface area contributed by atoms with Crippen LogP contribution in [-0.2, 0) is 6.42 Å². The maximum atomic E-state index is 5.84.